The lowest BCUT2D eigenvalue weighted by Crippen LogP contribution is -2.32. The van der Waals surface area contributed by atoms with Crippen molar-refractivity contribution < 1.29 is 4.74 Å². The third kappa shape index (κ3) is 6.10. The minimum atomic E-state index is 0.216. The van der Waals surface area contributed by atoms with Gasteiger partial charge in [0.2, 0.25) is 0 Å². The SMILES string of the molecule is CCC(C)OC(=S)NC(C)C. The second-order valence-electron chi connectivity index (χ2n) is 2.92. The first-order chi connectivity index (χ1) is 5.06. The molecule has 1 atom stereocenters. The van der Waals surface area contributed by atoms with Crippen molar-refractivity contribution in [3.8, 4) is 0 Å². The number of rotatable bonds is 3. The Morgan fingerprint density at radius 2 is 2.00 bits per heavy atom. The Kier molecular flexibility index (Phi) is 5.20. The van der Waals surface area contributed by atoms with Gasteiger partial charge in [-0.05, 0) is 39.4 Å². The van der Waals surface area contributed by atoms with Crippen LogP contribution < -0.4 is 5.32 Å². The van der Waals surface area contributed by atoms with Gasteiger partial charge in [-0.1, -0.05) is 6.92 Å². The summed E-state index contributed by atoms with van der Waals surface area (Å²) in [5.74, 6) is 0. The molecule has 66 valence electrons. The zero-order valence-electron chi connectivity index (χ0n) is 7.68. The molecule has 0 aliphatic heterocycles. The lowest BCUT2D eigenvalue weighted by molar-refractivity contribution is 0.198. The minimum Gasteiger partial charge on any atom is -0.468 e. The summed E-state index contributed by atoms with van der Waals surface area (Å²) in [6.07, 6.45) is 1.20. The fourth-order valence-electron chi connectivity index (χ4n) is 0.536. The highest BCUT2D eigenvalue weighted by molar-refractivity contribution is 7.80. The molecule has 0 fully saturated rings. The summed E-state index contributed by atoms with van der Waals surface area (Å²) in [6, 6.07) is 0.353. The third-order valence-corrected chi connectivity index (χ3v) is 1.50. The first kappa shape index (κ1) is 10.7. The van der Waals surface area contributed by atoms with Gasteiger partial charge in [0.05, 0.1) is 6.10 Å². The van der Waals surface area contributed by atoms with E-state index in [-0.39, 0.29) is 6.10 Å². The fraction of sp³-hybridized carbons (Fsp3) is 0.875. The van der Waals surface area contributed by atoms with E-state index in [9.17, 15) is 0 Å². The van der Waals surface area contributed by atoms with Crippen LogP contribution in [0.4, 0.5) is 0 Å². The standard InChI is InChI=1S/C8H17NOS/c1-5-7(4)10-8(11)9-6(2)3/h6-7H,5H2,1-4H3,(H,9,11). The Morgan fingerprint density at radius 3 is 2.36 bits per heavy atom. The summed E-state index contributed by atoms with van der Waals surface area (Å²) in [5.41, 5.74) is 0. The molecule has 1 unspecified atom stereocenters. The van der Waals surface area contributed by atoms with Crippen LogP contribution >= 0.6 is 12.2 Å². The van der Waals surface area contributed by atoms with Crippen LogP contribution in [0.2, 0.25) is 0 Å². The van der Waals surface area contributed by atoms with E-state index in [4.69, 9.17) is 17.0 Å². The topological polar surface area (TPSA) is 21.3 Å². The van der Waals surface area contributed by atoms with Crippen molar-refractivity contribution in [3.63, 3.8) is 0 Å². The van der Waals surface area contributed by atoms with E-state index >= 15 is 0 Å². The number of ether oxygens (including phenoxy) is 1. The Balaban J connectivity index is 3.52. The van der Waals surface area contributed by atoms with Gasteiger partial charge in [-0.15, -0.1) is 0 Å². The molecule has 0 spiro atoms. The van der Waals surface area contributed by atoms with Crippen LogP contribution in [0.3, 0.4) is 0 Å². The van der Waals surface area contributed by atoms with Crippen molar-refractivity contribution in [2.45, 2.75) is 46.3 Å². The Bertz CT molecular complexity index is 125. The predicted octanol–water partition coefficient (Wildman–Crippen LogP) is 2.08. The molecular formula is C8H17NOS. The normalized spacial score (nSPS) is 12.8. The lowest BCUT2D eigenvalue weighted by atomic mass is 10.3. The van der Waals surface area contributed by atoms with Crippen LogP contribution in [0, 0.1) is 0 Å². The molecule has 0 rings (SSSR count). The molecule has 0 bridgehead atoms. The monoisotopic (exact) mass is 175 g/mol. The maximum Gasteiger partial charge on any atom is 0.257 e. The highest BCUT2D eigenvalue weighted by atomic mass is 32.1. The van der Waals surface area contributed by atoms with Gasteiger partial charge in [0, 0.05) is 6.04 Å². The zero-order chi connectivity index (χ0) is 8.85. The van der Waals surface area contributed by atoms with Crippen LogP contribution in [0.15, 0.2) is 0 Å². The van der Waals surface area contributed by atoms with Crippen molar-refractivity contribution in [2.75, 3.05) is 0 Å². The van der Waals surface area contributed by atoms with E-state index in [1.54, 1.807) is 0 Å². The van der Waals surface area contributed by atoms with Crippen LogP contribution in [-0.2, 0) is 4.74 Å². The second-order valence-corrected chi connectivity index (χ2v) is 3.29. The van der Waals surface area contributed by atoms with Crippen molar-refractivity contribution in [3.05, 3.63) is 0 Å². The quantitative estimate of drug-likeness (QED) is 0.664. The van der Waals surface area contributed by atoms with Crippen LogP contribution in [0.5, 0.6) is 0 Å². The zero-order valence-corrected chi connectivity index (χ0v) is 8.49. The summed E-state index contributed by atoms with van der Waals surface area (Å²) in [6.45, 7) is 8.15. The van der Waals surface area contributed by atoms with E-state index in [1.807, 2.05) is 20.8 Å². The van der Waals surface area contributed by atoms with E-state index < -0.39 is 0 Å². The van der Waals surface area contributed by atoms with Gasteiger partial charge < -0.3 is 10.1 Å². The Labute approximate surface area is 74.3 Å². The molecule has 0 aromatic rings. The van der Waals surface area contributed by atoms with Crippen LogP contribution in [-0.4, -0.2) is 17.3 Å². The summed E-state index contributed by atoms with van der Waals surface area (Å²) in [7, 11) is 0. The molecule has 11 heavy (non-hydrogen) atoms. The lowest BCUT2D eigenvalue weighted by Gasteiger charge is -2.16. The molecule has 0 aliphatic rings. The number of hydrogen-bond donors (Lipinski definition) is 1. The first-order valence-electron chi connectivity index (χ1n) is 4.03. The Hall–Kier alpha value is -0.310. The van der Waals surface area contributed by atoms with Crippen molar-refractivity contribution in [2.24, 2.45) is 0 Å². The van der Waals surface area contributed by atoms with E-state index in [0.717, 1.165) is 6.42 Å². The third-order valence-electron chi connectivity index (χ3n) is 1.29. The maximum atomic E-state index is 5.33. The largest absolute Gasteiger partial charge is 0.468 e. The van der Waals surface area contributed by atoms with Gasteiger partial charge in [0.1, 0.15) is 0 Å². The molecule has 0 saturated heterocycles. The van der Waals surface area contributed by atoms with E-state index in [0.29, 0.717) is 11.2 Å². The number of thiocarbonyl (C=S) groups is 1. The molecule has 0 radical (unpaired) electrons. The highest BCUT2D eigenvalue weighted by Gasteiger charge is 2.03. The molecule has 0 aliphatic carbocycles. The van der Waals surface area contributed by atoms with Crippen molar-refractivity contribution >= 4 is 17.4 Å². The van der Waals surface area contributed by atoms with Crippen molar-refractivity contribution in [1.82, 2.24) is 5.32 Å². The average Bonchev–Trinajstić information content (AvgIpc) is 1.85. The molecule has 1 N–H and O–H groups in total. The summed E-state index contributed by atoms with van der Waals surface area (Å²) in [4.78, 5) is 0. The average molecular weight is 175 g/mol. The van der Waals surface area contributed by atoms with Gasteiger partial charge in [0.25, 0.3) is 5.17 Å². The Morgan fingerprint density at radius 1 is 1.45 bits per heavy atom. The van der Waals surface area contributed by atoms with Crippen molar-refractivity contribution in [1.29, 1.82) is 0 Å². The second kappa shape index (κ2) is 5.35. The first-order valence-corrected chi connectivity index (χ1v) is 4.44. The predicted molar refractivity (Wildman–Crippen MR) is 51.7 cm³/mol. The summed E-state index contributed by atoms with van der Waals surface area (Å²) in [5, 5.41) is 3.53. The highest BCUT2D eigenvalue weighted by Crippen LogP contribution is 1.96. The van der Waals surface area contributed by atoms with Gasteiger partial charge in [-0.25, -0.2) is 0 Å². The fourth-order valence-corrected chi connectivity index (χ4v) is 0.936. The maximum absolute atomic E-state index is 5.33. The molecular weight excluding hydrogens is 158 g/mol. The minimum absolute atomic E-state index is 0.216. The smallest absolute Gasteiger partial charge is 0.257 e. The molecule has 3 heteroatoms. The van der Waals surface area contributed by atoms with Gasteiger partial charge in [-0.3, -0.25) is 0 Å². The molecule has 0 saturated carbocycles. The molecule has 0 amide bonds. The van der Waals surface area contributed by atoms with Crippen LogP contribution in [0.25, 0.3) is 0 Å². The van der Waals surface area contributed by atoms with E-state index in [1.165, 1.54) is 0 Å². The summed E-state index contributed by atoms with van der Waals surface area (Å²) >= 11 is 4.94. The number of nitrogens with one attached hydrogen (secondary N) is 1. The molecule has 2 nitrogen and oxygen atoms in total. The summed E-state index contributed by atoms with van der Waals surface area (Å²) < 4.78 is 5.33. The molecule has 0 aromatic carbocycles. The molecule has 0 aromatic heterocycles. The van der Waals surface area contributed by atoms with Crippen LogP contribution in [0.1, 0.15) is 34.1 Å². The van der Waals surface area contributed by atoms with E-state index in [2.05, 4.69) is 12.2 Å². The van der Waals surface area contributed by atoms with Gasteiger partial charge in [-0.2, -0.15) is 0 Å². The van der Waals surface area contributed by atoms with Gasteiger partial charge >= 0.3 is 0 Å². The van der Waals surface area contributed by atoms with Gasteiger partial charge in [0.15, 0.2) is 0 Å². The number of hydrogen-bond acceptors (Lipinski definition) is 2. The molecule has 0 heterocycles.